The molecule has 0 spiro atoms. The maximum atomic E-state index is 5.21. The van der Waals surface area contributed by atoms with Crippen LogP contribution < -0.4 is 0 Å². The fourth-order valence-electron chi connectivity index (χ4n) is 0.753. The van der Waals surface area contributed by atoms with E-state index in [2.05, 4.69) is 12.0 Å². The first-order chi connectivity index (χ1) is 5.70. The van der Waals surface area contributed by atoms with Crippen LogP contribution in [0.2, 0.25) is 0 Å². The minimum Gasteiger partial charge on any atom is -0.380 e. The molecule has 3 nitrogen and oxygen atoms in total. The second-order valence-electron chi connectivity index (χ2n) is 2.77. The van der Waals surface area contributed by atoms with Crippen LogP contribution in [0, 0.1) is 0 Å². The Hall–Kier alpha value is -0.570. The fraction of sp³-hybridized carbons (Fsp3) is 0.889. The lowest BCUT2D eigenvalue weighted by molar-refractivity contribution is 0.123. The van der Waals surface area contributed by atoms with Gasteiger partial charge in [-0.3, -0.25) is 5.01 Å². The van der Waals surface area contributed by atoms with E-state index in [1.54, 1.807) is 0 Å². The molecule has 0 amide bonds. The third-order valence-electron chi connectivity index (χ3n) is 1.62. The minimum atomic E-state index is 0.757. The van der Waals surface area contributed by atoms with Crippen molar-refractivity contribution >= 4 is 5.71 Å². The molecule has 0 aromatic rings. The monoisotopic (exact) mass is 172 g/mol. The van der Waals surface area contributed by atoms with E-state index in [1.807, 2.05) is 25.9 Å². The summed E-state index contributed by atoms with van der Waals surface area (Å²) in [5, 5.41) is 6.26. The van der Waals surface area contributed by atoms with Gasteiger partial charge in [0.1, 0.15) is 0 Å². The molecular formula is C9H20N2O. The molecule has 72 valence electrons. The average molecular weight is 172 g/mol. The van der Waals surface area contributed by atoms with E-state index in [1.165, 1.54) is 0 Å². The van der Waals surface area contributed by atoms with Gasteiger partial charge in [-0.15, -0.1) is 0 Å². The predicted molar refractivity (Wildman–Crippen MR) is 52.5 cm³/mol. The Kier molecular flexibility index (Phi) is 6.76. The second-order valence-corrected chi connectivity index (χ2v) is 2.77. The van der Waals surface area contributed by atoms with Crippen molar-refractivity contribution in [2.45, 2.75) is 27.2 Å². The molecule has 3 heteroatoms. The van der Waals surface area contributed by atoms with Crippen LogP contribution in [0.1, 0.15) is 27.2 Å². The summed E-state index contributed by atoms with van der Waals surface area (Å²) in [4.78, 5) is 0. The highest BCUT2D eigenvalue weighted by Gasteiger charge is 1.93. The summed E-state index contributed by atoms with van der Waals surface area (Å²) in [5.41, 5.74) is 1.16. The van der Waals surface area contributed by atoms with Crippen molar-refractivity contribution in [3.05, 3.63) is 0 Å². The number of ether oxygens (including phenoxy) is 1. The first-order valence-corrected chi connectivity index (χ1v) is 4.53. The number of nitrogens with zero attached hydrogens (tertiary/aromatic N) is 2. The molecule has 0 aromatic heterocycles. The molecule has 0 aliphatic carbocycles. The Morgan fingerprint density at radius 2 is 2.08 bits per heavy atom. The van der Waals surface area contributed by atoms with Crippen LogP contribution in [0.15, 0.2) is 5.10 Å². The van der Waals surface area contributed by atoms with Crippen molar-refractivity contribution in [3.8, 4) is 0 Å². The van der Waals surface area contributed by atoms with Crippen molar-refractivity contribution in [3.63, 3.8) is 0 Å². The van der Waals surface area contributed by atoms with Gasteiger partial charge in [0, 0.05) is 19.4 Å². The Morgan fingerprint density at radius 1 is 1.42 bits per heavy atom. The van der Waals surface area contributed by atoms with Crippen LogP contribution in [-0.4, -0.2) is 37.5 Å². The van der Waals surface area contributed by atoms with E-state index < -0.39 is 0 Å². The number of hydrogen-bond acceptors (Lipinski definition) is 3. The van der Waals surface area contributed by atoms with Gasteiger partial charge in [-0.2, -0.15) is 5.10 Å². The molecule has 0 unspecified atom stereocenters. The van der Waals surface area contributed by atoms with Gasteiger partial charge in [-0.25, -0.2) is 0 Å². The first kappa shape index (κ1) is 11.4. The molecule has 0 atom stereocenters. The maximum absolute atomic E-state index is 5.21. The molecule has 0 aromatic carbocycles. The normalized spacial score (nSPS) is 11.8. The molecule has 0 bridgehead atoms. The molecule has 0 radical (unpaired) electrons. The van der Waals surface area contributed by atoms with Crippen molar-refractivity contribution in [2.75, 3.05) is 26.8 Å². The standard InChI is InChI=1S/C9H20N2O/c1-5-9(3)10-11(4)7-8-12-6-2/h5-8H2,1-4H3. The van der Waals surface area contributed by atoms with Crippen LogP contribution >= 0.6 is 0 Å². The second kappa shape index (κ2) is 7.10. The van der Waals surface area contributed by atoms with Crippen LogP contribution in [0.3, 0.4) is 0 Å². The Balaban J connectivity index is 3.51. The summed E-state index contributed by atoms with van der Waals surface area (Å²) in [6.07, 6.45) is 1.01. The number of likely N-dealkylation sites (N-methyl/N-ethyl adjacent to an activating group) is 1. The smallest absolute Gasteiger partial charge is 0.0658 e. The largest absolute Gasteiger partial charge is 0.380 e. The van der Waals surface area contributed by atoms with E-state index in [0.717, 1.165) is 31.9 Å². The topological polar surface area (TPSA) is 24.8 Å². The third-order valence-corrected chi connectivity index (χ3v) is 1.62. The quantitative estimate of drug-likeness (QED) is 0.346. The van der Waals surface area contributed by atoms with E-state index >= 15 is 0 Å². The fourth-order valence-corrected chi connectivity index (χ4v) is 0.753. The van der Waals surface area contributed by atoms with Gasteiger partial charge in [-0.1, -0.05) is 6.92 Å². The zero-order valence-corrected chi connectivity index (χ0v) is 8.63. The SMILES string of the molecule is CCOCCN(C)N=C(C)CC. The van der Waals surface area contributed by atoms with Gasteiger partial charge in [0.15, 0.2) is 0 Å². The van der Waals surface area contributed by atoms with Crippen molar-refractivity contribution < 1.29 is 4.74 Å². The molecule has 0 aliphatic heterocycles. The number of hydrogen-bond donors (Lipinski definition) is 0. The van der Waals surface area contributed by atoms with Crippen LogP contribution in [0.4, 0.5) is 0 Å². The summed E-state index contributed by atoms with van der Waals surface area (Å²) >= 11 is 0. The van der Waals surface area contributed by atoms with Gasteiger partial charge < -0.3 is 4.74 Å². The predicted octanol–water partition coefficient (Wildman–Crippen LogP) is 1.74. The average Bonchev–Trinajstić information content (AvgIpc) is 2.05. The van der Waals surface area contributed by atoms with Gasteiger partial charge >= 0.3 is 0 Å². The highest BCUT2D eigenvalue weighted by Crippen LogP contribution is 1.89. The van der Waals surface area contributed by atoms with Crippen molar-refractivity contribution in [1.82, 2.24) is 5.01 Å². The van der Waals surface area contributed by atoms with E-state index in [-0.39, 0.29) is 0 Å². The van der Waals surface area contributed by atoms with Gasteiger partial charge in [-0.05, 0) is 20.3 Å². The summed E-state index contributed by atoms with van der Waals surface area (Å²) in [6, 6.07) is 0. The minimum absolute atomic E-state index is 0.757. The number of hydrazone groups is 1. The van der Waals surface area contributed by atoms with Crippen LogP contribution in [0.5, 0.6) is 0 Å². The zero-order chi connectivity index (χ0) is 9.40. The molecule has 0 fully saturated rings. The lowest BCUT2D eigenvalue weighted by Gasteiger charge is -2.13. The van der Waals surface area contributed by atoms with Crippen LogP contribution in [0.25, 0.3) is 0 Å². The molecule has 0 saturated carbocycles. The third kappa shape index (κ3) is 6.16. The summed E-state index contributed by atoms with van der Waals surface area (Å²) in [5.74, 6) is 0. The molecular weight excluding hydrogens is 152 g/mol. The van der Waals surface area contributed by atoms with E-state index in [0.29, 0.717) is 0 Å². The van der Waals surface area contributed by atoms with E-state index in [9.17, 15) is 0 Å². The zero-order valence-electron chi connectivity index (χ0n) is 8.63. The Labute approximate surface area is 75.4 Å². The highest BCUT2D eigenvalue weighted by atomic mass is 16.5. The Morgan fingerprint density at radius 3 is 2.58 bits per heavy atom. The molecule has 0 aliphatic rings. The Bertz CT molecular complexity index is 134. The maximum Gasteiger partial charge on any atom is 0.0658 e. The highest BCUT2D eigenvalue weighted by molar-refractivity contribution is 5.81. The molecule has 0 heterocycles. The number of rotatable bonds is 6. The summed E-state index contributed by atoms with van der Waals surface area (Å²) in [6.45, 7) is 8.55. The van der Waals surface area contributed by atoms with Crippen molar-refractivity contribution in [2.24, 2.45) is 5.10 Å². The van der Waals surface area contributed by atoms with Crippen molar-refractivity contribution in [1.29, 1.82) is 0 Å². The summed E-state index contributed by atoms with van der Waals surface area (Å²) in [7, 11) is 1.97. The lowest BCUT2D eigenvalue weighted by atomic mass is 10.3. The molecule has 0 saturated heterocycles. The van der Waals surface area contributed by atoms with Gasteiger partial charge in [0.05, 0.1) is 13.2 Å². The van der Waals surface area contributed by atoms with E-state index in [4.69, 9.17) is 4.74 Å². The lowest BCUT2D eigenvalue weighted by Crippen LogP contribution is -2.19. The van der Waals surface area contributed by atoms with Crippen LogP contribution in [-0.2, 0) is 4.74 Å². The first-order valence-electron chi connectivity index (χ1n) is 4.53. The molecule has 12 heavy (non-hydrogen) atoms. The molecule has 0 N–H and O–H groups in total. The van der Waals surface area contributed by atoms with Gasteiger partial charge in [0.25, 0.3) is 0 Å². The summed E-state index contributed by atoms with van der Waals surface area (Å²) < 4.78 is 5.21. The molecule has 0 rings (SSSR count). The van der Waals surface area contributed by atoms with Gasteiger partial charge in [0.2, 0.25) is 0 Å².